The number of hydrogen-bond acceptors (Lipinski definition) is 2. The van der Waals surface area contributed by atoms with Gasteiger partial charge in [0.1, 0.15) is 5.78 Å². The average molecular weight is 194 g/mol. The maximum Gasteiger partial charge on any atom is 0.136 e. The first-order valence-corrected chi connectivity index (χ1v) is 5.13. The molecule has 0 amide bonds. The van der Waals surface area contributed by atoms with Crippen LogP contribution in [0.3, 0.4) is 0 Å². The van der Waals surface area contributed by atoms with Crippen LogP contribution >= 0.6 is 0 Å². The van der Waals surface area contributed by atoms with Gasteiger partial charge in [0.25, 0.3) is 0 Å². The number of Topliss-reactive ketones (excluding diaryl/α,β-unsaturated/α-hetero) is 1. The van der Waals surface area contributed by atoms with Gasteiger partial charge in [-0.3, -0.25) is 9.48 Å². The third-order valence-electron chi connectivity index (χ3n) is 2.58. The molecule has 3 nitrogen and oxygen atoms in total. The van der Waals surface area contributed by atoms with E-state index in [0.29, 0.717) is 12.2 Å². The third kappa shape index (κ3) is 2.98. The Morgan fingerprint density at radius 1 is 1.64 bits per heavy atom. The van der Waals surface area contributed by atoms with Crippen molar-refractivity contribution in [3.05, 3.63) is 18.0 Å². The smallest absolute Gasteiger partial charge is 0.136 e. The largest absolute Gasteiger partial charge is 0.299 e. The van der Waals surface area contributed by atoms with Gasteiger partial charge in [-0.15, -0.1) is 0 Å². The summed E-state index contributed by atoms with van der Waals surface area (Å²) in [6, 6.07) is 0. The summed E-state index contributed by atoms with van der Waals surface area (Å²) < 4.78 is 1.77. The lowest BCUT2D eigenvalue weighted by Gasteiger charge is -2.05. The van der Waals surface area contributed by atoms with Gasteiger partial charge in [0.05, 0.1) is 6.20 Å². The first-order valence-electron chi connectivity index (χ1n) is 5.13. The van der Waals surface area contributed by atoms with E-state index in [1.165, 1.54) is 0 Å². The van der Waals surface area contributed by atoms with Gasteiger partial charge in [-0.1, -0.05) is 13.8 Å². The molecule has 0 saturated heterocycles. The molecule has 0 aromatic carbocycles. The van der Waals surface area contributed by atoms with Crippen LogP contribution in [0.4, 0.5) is 0 Å². The molecule has 1 aromatic rings. The van der Waals surface area contributed by atoms with Crippen molar-refractivity contribution in [1.29, 1.82) is 0 Å². The maximum absolute atomic E-state index is 11.5. The summed E-state index contributed by atoms with van der Waals surface area (Å²) in [6.07, 6.45) is 6.18. The van der Waals surface area contributed by atoms with Gasteiger partial charge in [-0.05, 0) is 18.4 Å². The summed E-state index contributed by atoms with van der Waals surface area (Å²) in [5.74, 6) is 0.558. The molecule has 1 rings (SSSR count). The summed E-state index contributed by atoms with van der Waals surface area (Å²) in [4.78, 5) is 11.5. The van der Waals surface area contributed by atoms with Crippen LogP contribution in [0.5, 0.6) is 0 Å². The zero-order valence-corrected chi connectivity index (χ0v) is 9.16. The van der Waals surface area contributed by atoms with E-state index in [2.05, 4.69) is 5.10 Å². The highest BCUT2D eigenvalue weighted by molar-refractivity contribution is 5.80. The van der Waals surface area contributed by atoms with Crippen molar-refractivity contribution in [2.24, 2.45) is 13.0 Å². The van der Waals surface area contributed by atoms with Gasteiger partial charge in [-0.25, -0.2) is 0 Å². The van der Waals surface area contributed by atoms with E-state index >= 15 is 0 Å². The van der Waals surface area contributed by atoms with Gasteiger partial charge in [0, 0.05) is 25.6 Å². The SMILES string of the molecule is CCC(C)C(=O)CCc1cnn(C)c1. The highest BCUT2D eigenvalue weighted by Crippen LogP contribution is 2.08. The number of carbonyl (C=O) groups excluding carboxylic acids is 1. The second-order valence-corrected chi connectivity index (χ2v) is 3.80. The molecule has 0 aliphatic heterocycles. The monoisotopic (exact) mass is 194 g/mol. The highest BCUT2D eigenvalue weighted by atomic mass is 16.1. The molecule has 0 spiro atoms. The Labute approximate surface area is 85.1 Å². The number of rotatable bonds is 5. The molecular weight excluding hydrogens is 176 g/mol. The molecule has 1 unspecified atom stereocenters. The van der Waals surface area contributed by atoms with Crippen LogP contribution in [0.2, 0.25) is 0 Å². The van der Waals surface area contributed by atoms with Crippen molar-refractivity contribution in [1.82, 2.24) is 9.78 Å². The average Bonchev–Trinajstić information content (AvgIpc) is 2.59. The van der Waals surface area contributed by atoms with Gasteiger partial charge < -0.3 is 0 Å². The van der Waals surface area contributed by atoms with Crippen molar-refractivity contribution in [3.8, 4) is 0 Å². The Morgan fingerprint density at radius 3 is 2.86 bits per heavy atom. The molecule has 0 aliphatic carbocycles. The quantitative estimate of drug-likeness (QED) is 0.718. The summed E-state index contributed by atoms with van der Waals surface area (Å²) in [5, 5.41) is 4.06. The first-order chi connectivity index (χ1) is 6.63. The van der Waals surface area contributed by atoms with Gasteiger partial charge >= 0.3 is 0 Å². The fourth-order valence-electron chi connectivity index (χ4n) is 1.34. The van der Waals surface area contributed by atoms with Crippen molar-refractivity contribution in [2.75, 3.05) is 0 Å². The molecule has 78 valence electrons. The lowest BCUT2D eigenvalue weighted by Crippen LogP contribution is -2.10. The van der Waals surface area contributed by atoms with Crippen LogP contribution in [0, 0.1) is 5.92 Å². The van der Waals surface area contributed by atoms with E-state index in [0.717, 1.165) is 18.4 Å². The fourth-order valence-corrected chi connectivity index (χ4v) is 1.34. The first kappa shape index (κ1) is 11.0. The van der Waals surface area contributed by atoms with Crippen molar-refractivity contribution < 1.29 is 4.79 Å². The number of aryl methyl sites for hydroxylation is 2. The van der Waals surface area contributed by atoms with Gasteiger partial charge in [-0.2, -0.15) is 5.10 Å². The standard InChI is InChI=1S/C11H18N2O/c1-4-9(2)11(14)6-5-10-7-12-13(3)8-10/h7-9H,4-6H2,1-3H3. The second kappa shape index (κ2) is 4.94. The number of aromatic nitrogens is 2. The van der Waals surface area contributed by atoms with Gasteiger partial charge in [0.2, 0.25) is 0 Å². The Bertz CT molecular complexity index is 304. The molecule has 0 fully saturated rings. The summed E-state index contributed by atoms with van der Waals surface area (Å²) in [7, 11) is 1.89. The lowest BCUT2D eigenvalue weighted by atomic mass is 9.99. The van der Waals surface area contributed by atoms with E-state index in [1.807, 2.05) is 33.3 Å². The zero-order valence-electron chi connectivity index (χ0n) is 9.16. The molecule has 1 aromatic heterocycles. The predicted molar refractivity (Wildman–Crippen MR) is 56.0 cm³/mol. The summed E-state index contributed by atoms with van der Waals surface area (Å²) in [6.45, 7) is 4.04. The van der Waals surface area contributed by atoms with E-state index in [9.17, 15) is 4.79 Å². The Morgan fingerprint density at radius 2 is 2.36 bits per heavy atom. The molecule has 0 N–H and O–H groups in total. The van der Waals surface area contributed by atoms with Crippen LogP contribution in [0.1, 0.15) is 32.3 Å². The van der Waals surface area contributed by atoms with Crippen LogP contribution < -0.4 is 0 Å². The van der Waals surface area contributed by atoms with Crippen LogP contribution in [0.25, 0.3) is 0 Å². The van der Waals surface area contributed by atoms with E-state index in [1.54, 1.807) is 4.68 Å². The minimum Gasteiger partial charge on any atom is -0.299 e. The van der Waals surface area contributed by atoms with Crippen molar-refractivity contribution >= 4 is 5.78 Å². The highest BCUT2D eigenvalue weighted by Gasteiger charge is 2.10. The van der Waals surface area contributed by atoms with E-state index < -0.39 is 0 Å². The Balaban J connectivity index is 2.37. The van der Waals surface area contributed by atoms with Gasteiger partial charge in [0.15, 0.2) is 0 Å². The number of carbonyl (C=O) groups is 1. The predicted octanol–water partition coefficient (Wildman–Crippen LogP) is 1.97. The Hall–Kier alpha value is -1.12. The van der Waals surface area contributed by atoms with E-state index in [4.69, 9.17) is 0 Å². The lowest BCUT2D eigenvalue weighted by molar-refractivity contribution is -0.122. The summed E-state index contributed by atoms with van der Waals surface area (Å²) in [5.41, 5.74) is 1.14. The molecular formula is C11H18N2O. The number of hydrogen-bond donors (Lipinski definition) is 0. The molecule has 0 aliphatic rings. The fraction of sp³-hybridized carbons (Fsp3) is 0.636. The summed E-state index contributed by atoms with van der Waals surface area (Å²) >= 11 is 0. The molecule has 1 heterocycles. The maximum atomic E-state index is 11.5. The van der Waals surface area contributed by atoms with Crippen molar-refractivity contribution in [3.63, 3.8) is 0 Å². The van der Waals surface area contributed by atoms with Crippen molar-refractivity contribution in [2.45, 2.75) is 33.1 Å². The molecule has 3 heteroatoms. The minimum atomic E-state index is 0.201. The molecule has 1 atom stereocenters. The topological polar surface area (TPSA) is 34.9 Å². The number of nitrogens with zero attached hydrogens (tertiary/aromatic N) is 2. The Kier molecular flexibility index (Phi) is 3.86. The van der Waals surface area contributed by atoms with E-state index in [-0.39, 0.29) is 5.92 Å². The van der Waals surface area contributed by atoms with Crippen LogP contribution in [0.15, 0.2) is 12.4 Å². The zero-order chi connectivity index (χ0) is 10.6. The van der Waals surface area contributed by atoms with Crippen LogP contribution in [-0.2, 0) is 18.3 Å². The molecule has 0 radical (unpaired) electrons. The second-order valence-electron chi connectivity index (χ2n) is 3.80. The third-order valence-corrected chi connectivity index (χ3v) is 2.58. The number of ketones is 1. The minimum absolute atomic E-state index is 0.201. The molecule has 0 bridgehead atoms. The molecule has 0 saturated carbocycles. The molecule has 14 heavy (non-hydrogen) atoms. The normalized spacial score (nSPS) is 12.8. The van der Waals surface area contributed by atoms with Crippen LogP contribution in [-0.4, -0.2) is 15.6 Å².